The van der Waals surface area contributed by atoms with Crippen LogP contribution in [0.4, 0.5) is 23.8 Å². The van der Waals surface area contributed by atoms with Crippen molar-refractivity contribution in [2.75, 3.05) is 0 Å². The Morgan fingerprint density at radius 2 is 1.50 bits per heavy atom. The molecule has 0 bridgehead atoms. The molecule has 0 aliphatic rings. The SMILES string of the molecule is CC(C)c1cc(S(F)(F)(F)(F)F)ccc1F. The zero-order valence-electron chi connectivity index (χ0n) is 8.49. The molecule has 0 unspecified atom stereocenters. The fraction of sp³-hybridized carbons (Fsp3) is 0.333. The van der Waals surface area contributed by atoms with Gasteiger partial charge in [0.1, 0.15) is 10.7 Å². The molecule has 16 heavy (non-hydrogen) atoms. The van der Waals surface area contributed by atoms with E-state index >= 15 is 0 Å². The molecule has 7 heteroatoms. The van der Waals surface area contributed by atoms with E-state index in [4.69, 9.17) is 0 Å². The molecule has 0 saturated carbocycles. The standard InChI is InChI=1S/C9H10F6S/c1-6(2)8-5-7(3-4-9(8)10)16(11,12,13,14)15/h3-6H,1-2H3. The molecule has 0 N–H and O–H groups in total. The second kappa shape index (κ2) is 2.88. The smallest absolute Gasteiger partial charge is 0.207 e. The molecule has 0 atom stereocenters. The van der Waals surface area contributed by atoms with Crippen LogP contribution in [0.15, 0.2) is 23.1 Å². The van der Waals surface area contributed by atoms with E-state index in [1.165, 1.54) is 13.8 Å². The van der Waals surface area contributed by atoms with Gasteiger partial charge in [-0.15, -0.1) is 0 Å². The molecule has 0 amide bonds. The first-order valence-electron chi connectivity index (χ1n) is 4.35. The normalized spacial score (nSPS) is 17.1. The topological polar surface area (TPSA) is 0 Å². The summed E-state index contributed by atoms with van der Waals surface area (Å²) in [6.45, 7) is 2.85. The van der Waals surface area contributed by atoms with Crippen molar-refractivity contribution in [2.45, 2.75) is 24.7 Å². The van der Waals surface area contributed by atoms with E-state index in [-0.39, 0.29) is 17.7 Å². The van der Waals surface area contributed by atoms with Crippen molar-refractivity contribution in [1.82, 2.24) is 0 Å². The molecule has 0 heterocycles. The monoisotopic (exact) mass is 264 g/mol. The predicted molar refractivity (Wildman–Crippen MR) is 51.9 cm³/mol. The van der Waals surface area contributed by atoms with Crippen LogP contribution in [-0.2, 0) is 0 Å². The van der Waals surface area contributed by atoms with Crippen molar-refractivity contribution >= 4 is 10.2 Å². The molecule has 94 valence electrons. The van der Waals surface area contributed by atoms with Crippen LogP contribution in [0.2, 0.25) is 0 Å². The molecule has 0 aromatic heterocycles. The Balaban J connectivity index is 3.47. The summed E-state index contributed by atoms with van der Waals surface area (Å²) in [5, 5.41) is 0. The van der Waals surface area contributed by atoms with Crippen LogP contribution < -0.4 is 0 Å². The third-order valence-corrected chi connectivity index (χ3v) is 3.18. The zero-order chi connectivity index (χ0) is 12.8. The Kier molecular flexibility index (Phi) is 2.38. The quantitative estimate of drug-likeness (QED) is 0.609. The summed E-state index contributed by atoms with van der Waals surface area (Å²) >= 11 is 0. The molecule has 1 rings (SSSR count). The Hall–Kier alpha value is -0.850. The second-order valence-electron chi connectivity index (χ2n) is 3.81. The maximum atomic E-state index is 13.1. The Morgan fingerprint density at radius 1 is 1.00 bits per heavy atom. The average Bonchev–Trinajstić information content (AvgIpc) is 1.99. The third kappa shape index (κ3) is 2.84. The summed E-state index contributed by atoms with van der Waals surface area (Å²) in [6.07, 6.45) is 0. The first kappa shape index (κ1) is 13.2. The van der Waals surface area contributed by atoms with Crippen LogP contribution >= 0.6 is 10.2 Å². The van der Waals surface area contributed by atoms with Crippen molar-refractivity contribution in [1.29, 1.82) is 0 Å². The maximum Gasteiger partial charge on any atom is 0.310 e. The van der Waals surface area contributed by atoms with Crippen LogP contribution in [0.1, 0.15) is 25.3 Å². The summed E-state index contributed by atoms with van der Waals surface area (Å²) in [6, 6.07) is 0.674. The molecule has 0 aliphatic heterocycles. The summed E-state index contributed by atoms with van der Waals surface area (Å²) < 4.78 is 75.1. The van der Waals surface area contributed by atoms with Gasteiger partial charge in [-0.1, -0.05) is 33.3 Å². The zero-order valence-corrected chi connectivity index (χ0v) is 9.30. The van der Waals surface area contributed by atoms with Crippen molar-refractivity contribution in [2.24, 2.45) is 0 Å². The molecule has 0 fully saturated rings. The fourth-order valence-corrected chi connectivity index (χ4v) is 1.88. The highest BCUT2D eigenvalue weighted by Gasteiger charge is 2.65. The molecule has 0 aliphatic carbocycles. The highest BCUT2D eigenvalue weighted by Crippen LogP contribution is 3.02. The Morgan fingerprint density at radius 3 is 1.88 bits per heavy atom. The predicted octanol–water partition coefficient (Wildman–Crippen LogP) is 5.61. The van der Waals surface area contributed by atoms with Gasteiger partial charge in [0, 0.05) is 0 Å². The Labute approximate surface area is 89.0 Å². The number of hydrogen-bond donors (Lipinski definition) is 0. The van der Waals surface area contributed by atoms with Crippen molar-refractivity contribution in [3.8, 4) is 0 Å². The van der Waals surface area contributed by atoms with E-state index in [1.54, 1.807) is 0 Å². The van der Waals surface area contributed by atoms with E-state index in [0.717, 1.165) is 0 Å². The van der Waals surface area contributed by atoms with E-state index in [9.17, 15) is 23.8 Å². The van der Waals surface area contributed by atoms with Gasteiger partial charge in [0.2, 0.25) is 0 Å². The molecule has 1 aromatic rings. The van der Waals surface area contributed by atoms with Gasteiger partial charge in [0.15, 0.2) is 0 Å². The molecule has 0 radical (unpaired) electrons. The lowest BCUT2D eigenvalue weighted by molar-refractivity contribution is 0.363. The van der Waals surface area contributed by atoms with Gasteiger partial charge >= 0.3 is 10.2 Å². The summed E-state index contributed by atoms with van der Waals surface area (Å²) in [4.78, 5) is -2.05. The van der Waals surface area contributed by atoms with Crippen LogP contribution in [0.25, 0.3) is 0 Å². The highest BCUT2D eigenvalue weighted by atomic mass is 32.5. The van der Waals surface area contributed by atoms with Gasteiger partial charge in [-0.25, -0.2) is 4.39 Å². The minimum Gasteiger partial charge on any atom is -0.207 e. The van der Waals surface area contributed by atoms with E-state index in [0.29, 0.717) is 6.07 Å². The highest BCUT2D eigenvalue weighted by molar-refractivity contribution is 8.45. The van der Waals surface area contributed by atoms with E-state index in [2.05, 4.69) is 0 Å². The molecular formula is C9H10F6S. The van der Waals surface area contributed by atoms with Gasteiger partial charge < -0.3 is 0 Å². The summed E-state index contributed by atoms with van der Waals surface area (Å²) in [5.41, 5.74) is -0.370. The molecule has 0 nitrogen and oxygen atoms in total. The lowest BCUT2D eigenvalue weighted by Crippen LogP contribution is -2.07. The van der Waals surface area contributed by atoms with Crippen LogP contribution in [-0.4, -0.2) is 0 Å². The van der Waals surface area contributed by atoms with Crippen LogP contribution in [0.3, 0.4) is 0 Å². The van der Waals surface area contributed by atoms with Crippen LogP contribution in [0.5, 0.6) is 0 Å². The average molecular weight is 264 g/mol. The van der Waals surface area contributed by atoms with Gasteiger partial charge in [0.05, 0.1) is 0 Å². The number of benzene rings is 1. The Bertz CT molecular complexity index is 418. The van der Waals surface area contributed by atoms with E-state index < -0.39 is 26.9 Å². The van der Waals surface area contributed by atoms with Crippen molar-refractivity contribution in [3.63, 3.8) is 0 Å². The van der Waals surface area contributed by atoms with Gasteiger partial charge in [0.25, 0.3) is 0 Å². The fourth-order valence-electron chi connectivity index (χ4n) is 1.20. The first-order valence-corrected chi connectivity index (χ1v) is 6.30. The maximum absolute atomic E-state index is 13.1. The minimum atomic E-state index is -9.70. The first-order chi connectivity index (χ1) is 6.81. The van der Waals surface area contributed by atoms with Gasteiger partial charge in [-0.05, 0) is 29.7 Å². The largest absolute Gasteiger partial charge is 0.310 e. The minimum absolute atomic E-state index is 0.0722. The van der Waals surface area contributed by atoms with Gasteiger partial charge in [-0.2, -0.15) is 0 Å². The molecule has 0 spiro atoms. The van der Waals surface area contributed by atoms with Crippen molar-refractivity contribution < 1.29 is 23.8 Å². The molecular weight excluding hydrogens is 254 g/mol. The molecule has 1 aromatic carbocycles. The second-order valence-corrected chi connectivity index (χ2v) is 6.22. The lowest BCUT2D eigenvalue weighted by atomic mass is 10.0. The van der Waals surface area contributed by atoms with Gasteiger partial charge in [-0.3, -0.25) is 0 Å². The number of halogens is 6. The summed E-state index contributed by atoms with van der Waals surface area (Å²) in [5.74, 6) is -1.51. The summed E-state index contributed by atoms with van der Waals surface area (Å²) in [7, 11) is -9.70. The van der Waals surface area contributed by atoms with Crippen molar-refractivity contribution in [3.05, 3.63) is 29.6 Å². The van der Waals surface area contributed by atoms with E-state index in [1.807, 2.05) is 0 Å². The van der Waals surface area contributed by atoms with Crippen LogP contribution in [0, 0.1) is 5.82 Å². The third-order valence-electron chi connectivity index (χ3n) is 2.03. The number of rotatable bonds is 2. The number of hydrogen-bond acceptors (Lipinski definition) is 0. The molecule has 0 saturated heterocycles. The lowest BCUT2D eigenvalue weighted by Gasteiger charge is -2.40.